The number of benzene rings is 1. The van der Waals surface area contributed by atoms with E-state index in [1.54, 1.807) is 4.90 Å². The summed E-state index contributed by atoms with van der Waals surface area (Å²) in [7, 11) is 1.82. The van der Waals surface area contributed by atoms with Gasteiger partial charge in [-0.25, -0.2) is 0 Å². The minimum atomic E-state index is 0.0505. The summed E-state index contributed by atoms with van der Waals surface area (Å²) in [6.07, 6.45) is 0. The van der Waals surface area contributed by atoms with Gasteiger partial charge in [-0.3, -0.25) is 4.79 Å². The first-order valence-corrected chi connectivity index (χ1v) is 8.14. The summed E-state index contributed by atoms with van der Waals surface area (Å²) >= 11 is 8.43. The van der Waals surface area contributed by atoms with Crippen LogP contribution in [0.3, 0.4) is 0 Å². The number of hydrogen-bond acceptors (Lipinski definition) is 2. The van der Waals surface area contributed by atoms with Gasteiger partial charge in [0.25, 0.3) is 5.91 Å². The molecule has 0 spiro atoms. The van der Waals surface area contributed by atoms with Gasteiger partial charge in [0.2, 0.25) is 0 Å². The quantitative estimate of drug-likeness (QED) is 0.718. The van der Waals surface area contributed by atoms with Gasteiger partial charge in [-0.2, -0.15) is 0 Å². The molecule has 0 saturated heterocycles. The average Bonchev–Trinajstić information content (AvgIpc) is 2.71. The number of carbonyl (C=O) groups excluding carboxylic acids is 1. The van der Waals surface area contributed by atoms with Crippen molar-refractivity contribution >= 4 is 49.1 Å². The van der Waals surface area contributed by atoms with Crippen LogP contribution in [0, 0.1) is 6.92 Å². The molecule has 0 atom stereocenters. The van der Waals surface area contributed by atoms with E-state index in [1.807, 2.05) is 44.3 Å². The fraction of sp³-hybridized carbons (Fsp3) is 0.214. The zero-order valence-corrected chi connectivity index (χ0v) is 14.6. The van der Waals surface area contributed by atoms with E-state index in [0.717, 1.165) is 24.3 Å². The Kier molecular flexibility index (Phi) is 4.81. The van der Waals surface area contributed by atoms with Crippen molar-refractivity contribution in [2.24, 2.45) is 0 Å². The molecule has 0 saturated carbocycles. The van der Waals surface area contributed by atoms with E-state index in [-0.39, 0.29) is 5.91 Å². The molecule has 0 aliphatic heterocycles. The van der Waals surface area contributed by atoms with Gasteiger partial charge in [0.1, 0.15) is 0 Å². The highest BCUT2D eigenvalue weighted by Gasteiger charge is 2.16. The zero-order valence-electron chi connectivity index (χ0n) is 10.6. The molecule has 1 amide bonds. The van der Waals surface area contributed by atoms with Crippen molar-refractivity contribution in [3.63, 3.8) is 0 Å². The predicted molar refractivity (Wildman–Crippen MR) is 86.7 cm³/mol. The molecule has 0 aliphatic rings. The van der Waals surface area contributed by atoms with E-state index < -0.39 is 0 Å². The molecule has 19 heavy (non-hydrogen) atoms. The largest absolute Gasteiger partial charge is 0.337 e. The maximum absolute atomic E-state index is 12.3. The number of carbonyl (C=O) groups is 1. The Hall–Kier alpha value is -0.650. The molecule has 0 radical (unpaired) electrons. The van der Waals surface area contributed by atoms with Gasteiger partial charge in [0, 0.05) is 18.1 Å². The SMILES string of the molecule is Cc1cc(C(=O)N(C)Cc2ccccc2Br)sc1Br. The molecule has 0 unspecified atom stereocenters. The normalized spacial score (nSPS) is 10.5. The molecule has 0 N–H and O–H groups in total. The first kappa shape index (κ1) is 14.8. The van der Waals surface area contributed by atoms with E-state index in [1.165, 1.54) is 11.3 Å². The van der Waals surface area contributed by atoms with Crippen molar-refractivity contribution in [2.45, 2.75) is 13.5 Å². The third kappa shape index (κ3) is 3.46. The minimum Gasteiger partial charge on any atom is -0.337 e. The lowest BCUT2D eigenvalue weighted by Crippen LogP contribution is -2.25. The lowest BCUT2D eigenvalue weighted by molar-refractivity contribution is 0.0789. The van der Waals surface area contributed by atoms with Crippen LogP contribution in [0.4, 0.5) is 0 Å². The number of nitrogens with zero attached hydrogens (tertiary/aromatic N) is 1. The fourth-order valence-corrected chi connectivity index (χ4v) is 3.65. The Balaban J connectivity index is 2.14. The van der Waals surface area contributed by atoms with Gasteiger partial charge < -0.3 is 4.90 Å². The molecule has 0 aliphatic carbocycles. The topological polar surface area (TPSA) is 20.3 Å². The highest BCUT2D eigenvalue weighted by molar-refractivity contribution is 9.11. The molecule has 2 nitrogen and oxygen atoms in total. The Morgan fingerprint density at radius 2 is 2.00 bits per heavy atom. The van der Waals surface area contributed by atoms with Crippen molar-refractivity contribution in [1.29, 1.82) is 0 Å². The minimum absolute atomic E-state index is 0.0505. The lowest BCUT2D eigenvalue weighted by atomic mass is 10.2. The zero-order chi connectivity index (χ0) is 14.0. The lowest BCUT2D eigenvalue weighted by Gasteiger charge is -2.17. The maximum Gasteiger partial charge on any atom is 0.264 e. The fourth-order valence-electron chi connectivity index (χ4n) is 1.71. The number of rotatable bonds is 3. The van der Waals surface area contributed by atoms with E-state index in [9.17, 15) is 4.79 Å². The Labute approximate surface area is 133 Å². The number of amides is 1. The second kappa shape index (κ2) is 6.20. The second-order valence-corrected chi connectivity index (χ2v) is 7.54. The summed E-state index contributed by atoms with van der Waals surface area (Å²) in [6.45, 7) is 2.58. The van der Waals surface area contributed by atoms with Crippen molar-refractivity contribution < 1.29 is 4.79 Å². The summed E-state index contributed by atoms with van der Waals surface area (Å²) in [5.74, 6) is 0.0505. The third-order valence-corrected chi connectivity index (χ3v) is 5.68. The standard InChI is InChI=1S/C14H13Br2NOS/c1-9-7-12(19-13(9)16)14(18)17(2)8-10-5-3-4-6-11(10)15/h3-7H,8H2,1-2H3. The Bertz CT molecular complexity index is 590. The summed E-state index contributed by atoms with van der Waals surface area (Å²) in [4.78, 5) is 14.8. The van der Waals surface area contributed by atoms with Gasteiger partial charge in [-0.05, 0) is 46.1 Å². The average molecular weight is 403 g/mol. The van der Waals surface area contributed by atoms with Gasteiger partial charge >= 0.3 is 0 Å². The van der Waals surface area contributed by atoms with Gasteiger partial charge in [-0.1, -0.05) is 34.1 Å². The van der Waals surface area contributed by atoms with Crippen LogP contribution >= 0.6 is 43.2 Å². The van der Waals surface area contributed by atoms with E-state index in [4.69, 9.17) is 0 Å². The van der Waals surface area contributed by atoms with Crippen LogP contribution < -0.4 is 0 Å². The smallest absolute Gasteiger partial charge is 0.264 e. The molecule has 2 rings (SSSR count). The van der Waals surface area contributed by atoms with Crippen molar-refractivity contribution in [1.82, 2.24) is 4.90 Å². The summed E-state index contributed by atoms with van der Waals surface area (Å²) in [6, 6.07) is 9.87. The number of thiophene rings is 1. The molecule has 100 valence electrons. The highest BCUT2D eigenvalue weighted by Crippen LogP contribution is 2.28. The second-order valence-electron chi connectivity index (χ2n) is 4.32. The van der Waals surface area contributed by atoms with Crippen LogP contribution in [-0.2, 0) is 6.54 Å². The number of hydrogen-bond donors (Lipinski definition) is 0. The Morgan fingerprint density at radius 1 is 1.32 bits per heavy atom. The highest BCUT2D eigenvalue weighted by atomic mass is 79.9. The van der Waals surface area contributed by atoms with Crippen molar-refractivity contribution in [3.05, 3.63) is 54.6 Å². The molecule has 1 aromatic heterocycles. The monoisotopic (exact) mass is 401 g/mol. The third-order valence-electron chi connectivity index (χ3n) is 2.78. The molecule has 1 heterocycles. The van der Waals surface area contributed by atoms with E-state index in [2.05, 4.69) is 31.9 Å². The van der Waals surface area contributed by atoms with Gasteiger partial charge in [0.05, 0.1) is 8.66 Å². The van der Waals surface area contributed by atoms with Crippen LogP contribution in [0.5, 0.6) is 0 Å². The molecule has 1 aromatic carbocycles. The van der Waals surface area contributed by atoms with Crippen LogP contribution in [0.1, 0.15) is 20.8 Å². The molecule has 0 fully saturated rings. The molecule has 5 heteroatoms. The molecule has 0 bridgehead atoms. The van der Waals surface area contributed by atoms with Crippen molar-refractivity contribution in [2.75, 3.05) is 7.05 Å². The number of halogens is 2. The summed E-state index contributed by atoms with van der Waals surface area (Å²) in [5, 5.41) is 0. The van der Waals surface area contributed by atoms with E-state index in [0.29, 0.717) is 6.54 Å². The van der Waals surface area contributed by atoms with Crippen molar-refractivity contribution in [3.8, 4) is 0 Å². The van der Waals surface area contributed by atoms with Crippen LogP contribution in [-0.4, -0.2) is 17.9 Å². The van der Waals surface area contributed by atoms with Crippen LogP contribution in [0.25, 0.3) is 0 Å². The molecular formula is C14H13Br2NOS. The maximum atomic E-state index is 12.3. The summed E-state index contributed by atoms with van der Waals surface area (Å²) in [5.41, 5.74) is 2.20. The first-order valence-electron chi connectivity index (χ1n) is 5.74. The summed E-state index contributed by atoms with van der Waals surface area (Å²) < 4.78 is 2.04. The first-order chi connectivity index (χ1) is 8.99. The molecule has 2 aromatic rings. The predicted octanol–water partition coefficient (Wildman–Crippen LogP) is 4.85. The van der Waals surface area contributed by atoms with Gasteiger partial charge in [0.15, 0.2) is 0 Å². The van der Waals surface area contributed by atoms with Crippen LogP contribution in [0.15, 0.2) is 38.6 Å². The molecular weight excluding hydrogens is 390 g/mol. The van der Waals surface area contributed by atoms with Crippen LogP contribution in [0.2, 0.25) is 0 Å². The van der Waals surface area contributed by atoms with E-state index >= 15 is 0 Å². The van der Waals surface area contributed by atoms with Gasteiger partial charge in [-0.15, -0.1) is 11.3 Å². The Morgan fingerprint density at radius 3 is 2.58 bits per heavy atom. The number of aryl methyl sites for hydroxylation is 1.